The summed E-state index contributed by atoms with van der Waals surface area (Å²) in [6.45, 7) is 6.66. The highest BCUT2D eigenvalue weighted by Crippen LogP contribution is 2.26. The molecule has 0 bridgehead atoms. The van der Waals surface area contributed by atoms with Gasteiger partial charge in [-0.05, 0) is 26.0 Å². The zero-order valence-corrected chi connectivity index (χ0v) is 17.4. The van der Waals surface area contributed by atoms with E-state index < -0.39 is 0 Å². The third-order valence-electron chi connectivity index (χ3n) is 5.48. The first-order valence-electron chi connectivity index (χ1n) is 10.4. The molecule has 30 heavy (non-hydrogen) atoms. The Morgan fingerprint density at radius 1 is 0.967 bits per heavy atom. The van der Waals surface area contributed by atoms with Crippen molar-refractivity contribution < 1.29 is 9.59 Å². The maximum Gasteiger partial charge on any atom is 0.317 e. The van der Waals surface area contributed by atoms with Gasteiger partial charge >= 0.3 is 6.03 Å². The van der Waals surface area contributed by atoms with E-state index in [2.05, 4.69) is 5.32 Å². The van der Waals surface area contributed by atoms with Crippen LogP contribution in [0.3, 0.4) is 0 Å². The second-order valence-corrected chi connectivity index (χ2v) is 7.55. The van der Waals surface area contributed by atoms with E-state index in [0.717, 1.165) is 22.2 Å². The van der Waals surface area contributed by atoms with Gasteiger partial charge in [-0.2, -0.15) is 0 Å². The Bertz CT molecular complexity index is 1070. The van der Waals surface area contributed by atoms with E-state index in [4.69, 9.17) is 4.98 Å². The van der Waals surface area contributed by atoms with Crippen molar-refractivity contribution in [1.82, 2.24) is 20.1 Å². The topological polar surface area (TPSA) is 65.5 Å². The van der Waals surface area contributed by atoms with Gasteiger partial charge in [-0.15, -0.1) is 0 Å². The van der Waals surface area contributed by atoms with Gasteiger partial charge in [0.15, 0.2) is 0 Å². The van der Waals surface area contributed by atoms with E-state index >= 15 is 0 Å². The van der Waals surface area contributed by atoms with E-state index in [1.165, 1.54) is 5.56 Å². The van der Waals surface area contributed by atoms with Crippen molar-refractivity contribution in [1.29, 1.82) is 0 Å². The molecule has 2 aromatic carbocycles. The first kappa shape index (κ1) is 19.9. The van der Waals surface area contributed by atoms with Crippen molar-refractivity contribution in [2.45, 2.75) is 13.8 Å². The molecule has 6 heteroatoms. The predicted octanol–water partition coefficient (Wildman–Crippen LogP) is 3.70. The fourth-order valence-electron chi connectivity index (χ4n) is 3.77. The number of benzene rings is 2. The molecule has 6 nitrogen and oxygen atoms in total. The number of aromatic nitrogens is 1. The molecule has 1 aromatic heterocycles. The third kappa shape index (κ3) is 3.99. The molecule has 1 saturated heterocycles. The van der Waals surface area contributed by atoms with Gasteiger partial charge in [0.2, 0.25) is 0 Å². The number of piperazine rings is 1. The number of urea groups is 1. The molecule has 0 aliphatic carbocycles. The van der Waals surface area contributed by atoms with Crippen molar-refractivity contribution in [3.8, 4) is 11.3 Å². The number of amides is 3. The van der Waals surface area contributed by atoms with Crippen LogP contribution in [0, 0.1) is 6.92 Å². The minimum absolute atomic E-state index is 0.0162. The van der Waals surface area contributed by atoms with Crippen molar-refractivity contribution in [2.75, 3.05) is 32.7 Å². The van der Waals surface area contributed by atoms with Gasteiger partial charge in [0.05, 0.1) is 16.8 Å². The lowest BCUT2D eigenvalue weighted by molar-refractivity contribution is 0.0667. The molecule has 0 atom stereocenters. The molecule has 2 heterocycles. The predicted molar refractivity (Wildman–Crippen MR) is 118 cm³/mol. The van der Waals surface area contributed by atoms with Crippen molar-refractivity contribution in [3.05, 3.63) is 65.7 Å². The lowest BCUT2D eigenvalue weighted by Crippen LogP contribution is -2.53. The molecule has 1 aliphatic rings. The molecule has 0 spiro atoms. The van der Waals surface area contributed by atoms with Crippen molar-refractivity contribution >= 4 is 22.8 Å². The van der Waals surface area contributed by atoms with Crippen LogP contribution < -0.4 is 5.32 Å². The lowest BCUT2D eigenvalue weighted by Gasteiger charge is -2.34. The lowest BCUT2D eigenvalue weighted by atomic mass is 10.0. The fourth-order valence-corrected chi connectivity index (χ4v) is 3.77. The Morgan fingerprint density at radius 3 is 2.33 bits per heavy atom. The Hall–Kier alpha value is -3.41. The second-order valence-electron chi connectivity index (χ2n) is 7.55. The number of nitrogens with zero attached hydrogens (tertiary/aromatic N) is 3. The van der Waals surface area contributed by atoms with Gasteiger partial charge in [0.1, 0.15) is 0 Å². The summed E-state index contributed by atoms with van der Waals surface area (Å²) in [5.74, 6) is -0.0162. The average Bonchev–Trinajstić information content (AvgIpc) is 2.78. The number of carbonyl (C=O) groups excluding carboxylic acids is 2. The highest BCUT2D eigenvalue weighted by molar-refractivity contribution is 6.07. The first-order valence-corrected chi connectivity index (χ1v) is 10.4. The molecular formula is C24H26N4O2. The summed E-state index contributed by atoms with van der Waals surface area (Å²) in [4.78, 5) is 33.9. The van der Waals surface area contributed by atoms with Crippen LogP contribution >= 0.6 is 0 Å². The summed E-state index contributed by atoms with van der Waals surface area (Å²) in [5, 5.41) is 3.67. The van der Waals surface area contributed by atoms with Crippen LogP contribution in [0.25, 0.3) is 22.2 Å². The van der Waals surface area contributed by atoms with Crippen LogP contribution in [-0.2, 0) is 0 Å². The normalized spacial score (nSPS) is 14.1. The zero-order chi connectivity index (χ0) is 21.1. The summed E-state index contributed by atoms with van der Waals surface area (Å²) >= 11 is 0. The number of nitrogens with one attached hydrogen (secondary N) is 1. The Labute approximate surface area is 176 Å². The van der Waals surface area contributed by atoms with Crippen LogP contribution in [0.15, 0.2) is 54.6 Å². The maximum absolute atomic E-state index is 13.4. The van der Waals surface area contributed by atoms with Gasteiger partial charge in [-0.25, -0.2) is 9.78 Å². The van der Waals surface area contributed by atoms with Crippen molar-refractivity contribution in [3.63, 3.8) is 0 Å². The van der Waals surface area contributed by atoms with Crippen LogP contribution in [0.1, 0.15) is 22.8 Å². The molecule has 154 valence electrons. The molecular weight excluding hydrogens is 376 g/mol. The summed E-state index contributed by atoms with van der Waals surface area (Å²) in [6.07, 6.45) is 0. The minimum Gasteiger partial charge on any atom is -0.338 e. The van der Waals surface area contributed by atoms with E-state index in [1.807, 2.05) is 73.3 Å². The molecule has 3 amide bonds. The van der Waals surface area contributed by atoms with Crippen LogP contribution in [0.2, 0.25) is 0 Å². The molecule has 1 N–H and O–H groups in total. The highest BCUT2D eigenvalue weighted by Gasteiger charge is 2.26. The summed E-state index contributed by atoms with van der Waals surface area (Å²) in [6, 6.07) is 17.7. The maximum atomic E-state index is 13.4. The Kier molecular flexibility index (Phi) is 5.65. The molecule has 0 saturated carbocycles. The quantitative estimate of drug-likeness (QED) is 0.727. The number of para-hydroxylation sites is 1. The van der Waals surface area contributed by atoms with Crippen LogP contribution in [-0.4, -0.2) is 59.4 Å². The van der Waals surface area contributed by atoms with Gasteiger partial charge < -0.3 is 15.1 Å². The van der Waals surface area contributed by atoms with Gasteiger partial charge in [-0.3, -0.25) is 4.79 Å². The van der Waals surface area contributed by atoms with Crippen LogP contribution in [0.4, 0.5) is 4.79 Å². The van der Waals surface area contributed by atoms with Gasteiger partial charge in [0, 0.05) is 43.7 Å². The zero-order valence-electron chi connectivity index (χ0n) is 17.4. The van der Waals surface area contributed by atoms with E-state index in [0.29, 0.717) is 38.3 Å². The first-order chi connectivity index (χ1) is 14.6. The molecule has 0 radical (unpaired) electrons. The molecule has 1 fully saturated rings. The molecule has 1 aliphatic heterocycles. The fraction of sp³-hybridized carbons (Fsp3) is 0.292. The smallest absolute Gasteiger partial charge is 0.317 e. The minimum atomic E-state index is -0.0689. The molecule has 3 aromatic rings. The summed E-state index contributed by atoms with van der Waals surface area (Å²) in [5.41, 5.74) is 4.42. The number of rotatable bonds is 3. The number of pyridine rings is 1. The van der Waals surface area contributed by atoms with Gasteiger partial charge in [0.25, 0.3) is 5.91 Å². The summed E-state index contributed by atoms with van der Waals surface area (Å²) < 4.78 is 0. The average molecular weight is 402 g/mol. The monoisotopic (exact) mass is 402 g/mol. The number of aryl methyl sites for hydroxylation is 1. The third-order valence-corrected chi connectivity index (χ3v) is 5.48. The number of hydrogen-bond acceptors (Lipinski definition) is 3. The number of hydrogen-bond donors (Lipinski definition) is 1. The Balaban J connectivity index is 1.64. The SMILES string of the molecule is CCNC(=O)N1CCN(C(=O)c2cc(-c3ccc(C)cc3)nc3ccccc23)CC1. The van der Waals surface area contributed by atoms with Crippen molar-refractivity contribution in [2.24, 2.45) is 0 Å². The van der Waals surface area contributed by atoms with E-state index in [1.54, 1.807) is 4.90 Å². The van der Waals surface area contributed by atoms with E-state index in [-0.39, 0.29) is 11.9 Å². The number of fused-ring (bicyclic) bond motifs is 1. The number of carbonyl (C=O) groups is 2. The Morgan fingerprint density at radius 2 is 1.63 bits per heavy atom. The summed E-state index contributed by atoms with van der Waals surface area (Å²) in [7, 11) is 0. The largest absolute Gasteiger partial charge is 0.338 e. The van der Waals surface area contributed by atoms with E-state index in [9.17, 15) is 9.59 Å². The second kappa shape index (κ2) is 8.53. The molecule has 0 unspecified atom stereocenters. The van der Waals surface area contributed by atoms with Gasteiger partial charge in [-0.1, -0.05) is 48.0 Å². The molecule has 4 rings (SSSR count). The standard InChI is InChI=1S/C24H26N4O2/c1-3-25-24(30)28-14-12-27(13-15-28)23(29)20-16-22(18-10-8-17(2)9-11-18)26-21-7-5-4-6-19(20)21/h4-11,16H,3,12-15H2,1-2H3,(H,25,30). The highest BCUT2D eigenvalue weighted by atomic mass is 16.2. The van der Waals surface area contributed by atoms with Crippen LogP contribution in [0.5, 0.6) is 0 Å².